The van der Waals surface area contributed by atoms with E-state index in [-0.39, 0.29) is 74.6 Å². The second-order valence-corrected chi connectivity index (χ2v) is 9.05. The van der Waals surface area contributed by atoms with Gasteiger partial charge in [-0.1, -0.05) is 91.0 Å². The van der Waals surface area contributed by atoms with Crippen LogP contribution in [0.5, 0.6) is 0 Å². The molecule has 0 aromatic heterocycles. The van der Waals surface area contributed by atoms with Crippen molar-refractivity contribution in [2.24, 2.45) is 16.5 Å². The Morgan fingerprint density at radius 2 is 1.12 bits per heavy atom. The predicted molar refractivity (Wildman–Crippen MR) is 153 cm³/mol. The van der Waals surface area contributed by atoms with Gasteiger partial charge in [0.1, 0.15) is 19.8 Å². The molecule has 12 nitrogen and oxygen atoms in total. The van der Waals surface area contributed by atoms with Crippen molar-refractivity contribution in [3.05, 3.63) is 108 Å². The first kappa shape index (κ1) is 34.8. The van der Waals surface area contributed by atoms with Crippen molar-refractivity contribution in [2.75, 3.05) is 6.54 Å². The van der Waals surface area contributed by atoms with Gasteiger partial charge in [-0.05, 0) is 29.5 Å². The summed E-state index contributed by atoms with van der Waals surface area (Å²) in [5.41, 5.74) is 9.55. The van der Waals surface area contributed by atoms with Gasteiger partial charge in [-0.25, -0.2) is 19.2 Å². The first-order chi connectivity index (χ1) is 20.2. The van der Waals surface area contributed by atoms with Crippen molar-refractivity contribution in [2.45, 2.75) is 38.2 Å². The molecule has 0 aliphatic rings. The van der Waals surface area contributed by atoms with Gasteiger partial charge in [0.25, 0.3) is 5.54 Å². The smallest absolute Gasteiger partial charge is 1.00 e. The maximum absolute atomic E-state index is 13.7. The van der Waals surface area contributed by atoms with Crippen LogP contribution in [0.1, 0.15) is 31.0 Å². The van der Waals surface area contributed by atoms with Crippen molar-refractivity contribution in [3.8, 4) is 0 Å². The molecule has 0 radical (unpaired) electrons. The predicted octanol–water partition coefficient (Wildman–Crippen LogP) is 0.699. The minimum Gasteiger partial charge on any atom is -1.00 e. The number of imide groups is 1. The molecule has 5 N–H and O–H groups in total. The summed E-state index contributed by atoms with van der Waals surface area (Å²) >= 11 is 0. The Morgan fingerprint density at radius 3 is 1.49 bits per heavy atom. The van der Waals surface area contributed by atoms with E-state index in [4.69, 9.17) is 25.7 Å². The molecule has 13 heteroatoms. The van der Waals surface area contributed by atoms with Crippen molar-refractivity contribution in [1.82, 2.24) is 4.90 Å². The zero-order valence-corrected chi connectivity index (χ0v) is 25.8. The zero-order valence-electron chi connectivity index (χ0n) is 24.8. The summed E-state index contributed by atoms with van der Waals surface area (Å²) in [5, 5.41) is 10.5. The van der Waals surface area contributed by atoms with Gasteiger partial charge < -0.3 is 32.2 Å². The Hall–Kier alpha value is -4.39. The van der Waals surface area contributed by atoms with Gasteiger partial charge in [0.15, 0.2) is 5.96 Å². The molecular weight excluding hydrogens is 567 g/mol. The Morgan fingerprint density at radius 1 is 0.721 bits per heavy atom. The SMILES string of the molecule is NC(N)=NCCCC(C(=O)O)(C(=O)OCc1ccccc1)N(C(=O)OCc1ccccc1)C(=O)OCc1ccccc1.[H-].[Na+]. The van der Waals surface area contributed by atoms with E-state index in [0.29, 0.717) is 16.7 Å². The van der Waals surface area contributed by atoms with E-state index in [9.17, 15) is 24.3 Å². The molecule has 0 saturated heterocycles. The van der Waals surface area contributed by atoms with Crippen LogP contribution >= 0.6 is 0 Å². The molecule has 3 rings (SSSR count). The van der Waals surface area contributed by atoms with Gasteiger partial charge in [0.05, 0.1) is 0 Å². The maximum Gasteiger partial charge on any atom is 1.00 e. The van der Waals surface area contributed by atoms with Gasteiger partial charge in [0, 0.05) is 6.54 Å². The van der Waals surface area contributed by atoms with Crippen LogP contribution in [0.2, 0.25) is 0 Å². The summed E-state index contributed by atoms with van der Waals surface area (Å²) in [6.07, 6.45) is -3.57. The molecule has 0 spiro atoms. The average molecular weight is 601 g/mol. The minimum absolute atomic E-state index is 0. The Kier molecular flexibility index (Phi) is 14.2. The third kappa shape index (κ3) is 10.1. The number of carbonyl (C=O) groups excluding carboxylic acids is 3. The molecule has 3 aromatic carbocycles. The van der Waals surface area contributed by atoms with Gasteiger partial charge in [-0.3, -0.25) is 4.99 Å². The van der Waals surface area contributed by atoms with Crippen LogP contribution in [0, 0.1) is 0 Å². The normalized spacial score (nSPS) is 11.5. The molecule has 0 heterocycles. The third-order valence-corrected chi connectivity index (χ3v) is 6.05. The van der Waals surface area contributed by atoms with E-state index < -0.39 is 36.1 Å². The van der Waals surface area contributed by atoms with Crippen LogP contribution in [0.3, 0.4) is 0 Å². The summed E-state index contributed by atoms with van der Waals surface area (Å²) < 4.78 is 16.0. The van der Waals surface area contributed by atoms with Gasteiger partial charge in [0.2, 0.25) is 0 Å². The number of esters is 1. The molecule has 1 atom stereocenters. The molecule has 0 fully saturated rings. The standard InChI is InChI=1S/C30H32N4O8.Na.H/c31-27(32)33-18-10-17-30(25(35)36,26(37)40-19-22-11-4-1-5-12-22)34(28(38)41-20-23-13-6-2-7-14-23)29(39)42-21-24-15-8-3-9-16-24;;/h1-9,11-16H,10,17-21H2,(H,35,36)(H4,31,32,33);;/q;+1;-1. The topological polar surface area (TPSA) is 184 Å². The number of amides is 2. The quantitative estimate of drug-likeness (QED) is 0.0480. The van der Waals surface area contributed by atoms with Crippen LogP contribution < -0.4 is 41.0 Å². The number of carboxylic acids is 1. The number of benzene rings is 3. The number of nitrogens with two attached hydrogens (primary N) is 2. The number of carboxylic acid groups (broad SMARTS) is 1. The second kappa shape index (κ2) is 17.5. The third-order valence-electron chi connectivity index (χ3n) is 6.05. The summed E-state index contributed by atoms with van der Waals surface area (Å²) in [6, 6.07) is 25.5. The Labute approximate surface area is 272 Å². The minimum atomic E-state index is -2.88. The average Bonchev–Trinajstić information content (AvgIpc) is 3.00. The fourth-order valence-corrected chi connectivity index (χ4v) is 3.93. The number of hydrogen-bond acceptors (Lipinski definition) is 8. The molecule has 0 aliphatic heterocycles. The molecule has 2 amide bonds. The molecule has 1 unspecified atom stereocenters. The molecule has 222 valence electrons. The molecule has 43 heavy (non-hydrogen) atoms. The van der Waals surface area contributed by atoms with Crippen molar-refractivity contribution >= 4 is 30.1 Å². The summed E-state index contributed by atoms with van der Waals surface area (Å²) in [4.78, 5) is 57.6. The van der Waals surface area contributed by atoms with E-state index in [1.165, 1.54) is 0 Å². The number of rotatable bonds is 13. The van der Waals surface area contributed by atoms with Crippen LogP contribution in [-0.4, -0.2) is 52.2 Å². The van der Waals surface area contributed by atoms with E-state index in [1.807, 2.05) is 0 Å². The molecular formula is C30H33N4NaO8. The van der Waals surface area contributed by atoms with Crippen molar-refractivity contribution < 1.29 is 69.5 Å². The molecule has 0 aliphatic carbocycles. The van der Waals surface area contributed by atoms with Crippen LogP contribution in [0.25, 0.3) is 0 Å². The summed E-state index contributed by atoms with van der Waals surface area (Å²) in [5.74, 6) is -3.47. The zero-order chi connectivity index (χ0) is 30.4. The number of ether oxygens (including phenoxy) is 3. The number of carbonyl (C=O) groups is 4. The number of guanidine groups is 1. The van der Waals surface area contributed by atoms with E-state index in [0.717, 1.165) is 0 Å². The maximum atomic E-state index is 13.7. The molecule has 0 bridgehead atoms. The van der Waals surface area contributed by atoms with E-state index >= 15 is 0 Å². The van der Waals surface area contributed by atoms with Gasteiger partial charge in [-0.15, -0.1) is 0 Å². The number of hydrogen-bond donors (Lipinski definition) is 3. The monoisotopic (exact) mass is 600 g/mol. The molecule has 3 aromatic rings. The first-order valence-electron chi connectivity index (χ1n) is 13.0. The van der Waals surface area contributed by atoms with Gasteiger partial charge >= 0.3 is 53.7 Å². The van der Waals surface area contributed by atoms with E-state index in [2.05, 4.69) is 4.99 Å². The van der Waals surface area contributed by atoms with Gasteiger partial charge in [-0.2, -0.15) is 4.90 Å². The number of nitrogens with zero attached hydrogens (tertiary/aromatic N) is 2. The fraction of sp³-hybridized carbons (Fsp3) is 0.233. The van der Waals surface area contributed by atoms with E-state index in [1.54, 1.807) is 91.0 Å². The fourth-order valence-electron chi connectivity index (χ4n) is 3.93. The summed E-state index contributed by atoms with van der Waals surface area (Å²) in [6.45, 7) is -1.06. The Bertz CT molecular complexity index is 1320. The molecule has 0 saturated carbocycles. The number of aliphatic imine (C=N–C) groups is 1. The Balaban J connectivity index is 0.00000484. The first-order valence-corrected chi connectivity index (χ1v) is 13.0. The summed E-state index contributed by atoms with van der Waals surface area (Å²) in [7, 11) is 0. The van der Waals surface area contributed by atoms with Crippen molar-refractivity contribution in [3.63, 3.8) is 0 Å². The second-order valence-electron chi connectivity index (χ2n) is 9.05. The van der Waals surface area contributed by atoms with Crippen LogP contribution in [-0.2, 0) is 43.6 Å². The van der Waals surface area contributed by atoms with Crippen LogP contribution in [0.15, 0.2) is 96.0 Å². The van der Waals surface area contributed by atoms with Crippen LogP contribution in [0.4, 0.5) is 9.59 Å². The largest absolute Gasteiger partial charge is 1.00 e. The number of aliphatic carboxylic acids is 1. The van der Waals surface area contributed by atoms with Crippen molar-refractivity contribution in [1.29, 1.82) is 0 Å².